The van der Waals surface area contributed by atoms with Gasteiger partial charge in [0.05, 0.1) is 8.07 Å². The fourth-order valence-electron chi connectivity index (χ4n) is 1.61. The van der Waals surface area contributed by atoms with Gasteiger partial charge in [-0.1, -0.05) is 65.2 Å². The Morgan fingerprint density at radius 3 is 2.00 bits per heavy atom. The van der Waals surface area contributed by atoms with Crippen LogP contribution in [0.4, 0.5) is 0 Å². The summed E-state index contributed by atoms with van der Waals surface area (Å²) in [7, 11) is -1.26. The van der Waals surface area contributed by atoms with Gasteiger partial charge in [0, 0.05) is 0 Å². The standard InChI is InChI=1S/C14H30Si/c1-8-9-10-11-12-13(2)15(6,7)14(3,4)5/h2,8-12H2,1,3-7H3. The average Bonchev–Trinajstić information content (AvgIpc) is 2.10. The molecule has 0 aliphatic carbocycles. The van der Waals surface area contributed by atoms with Crippen LogP contribution < -0.4 is 0 Å². The number of hydrogen-bond acceptors (Lipinski definition) is 0. The van der Waals surface area contributed by atoms with Gasteiger partial charge in [-0.3, -0.25) is 0 Å². The van der Waals surface area contributed by atoms with E-state index in [-0.39, 0.29) is 0 Å². The molecule has 0 rings (SSSR count). The van der Waals surface area contributed by atoms with E-state index in [1.54, 1.807) is 5.20 Å². The molecule has 0 nitrogen and oxygen atoms in total. The van der Waals surface area contributed by atoms with E-state index in [4.69, 9.17) is 0 Å². The first-order valence-corrected chi connectivity index (χ1v) is 9.41. The maximum Gasteiger partial charge on any atom is 0.0799 e. The van der Waals surface area contributed by atoms with Crippen LogP contribution in [0.2, 0.25) is 18.1 Å². The molecule has 0 bridgehead atoms. The van der Waals surface area contributed by atoms with Crippen LogP contribution in [0.1, 0.15) is 59.8 Å². The zero-order chi connectivity index (χ0) is 12.1. The third-order valence-corrected chi connectivity index (χ3v) is 9.86. The average molecular weight is 226 g/mol. The number of allylic oxidation sites excluding steroid dienone is 1. The Balaban J connectivity index is 4.10. The molecular formula is C14H30Si. The van der Waals surface area contributed by atoms with Gasteiger partial charge in [0.15, 0.2) is 0 Å². The minimum atomic E-state index is -1.26. The SMILES string of the molecule is C=C(CCCCCC)[Si](C)(C)C(C)(C)C. The minimum Gasteiger partial charge on any atom is -0.104 e. The molecule has 0 amide bonds. The van der Waals surface area contributed by atoms with Crippen molar-refractivity contribution in [2.75, 3.05) is 0 Å². The lowest BCUT2D eigenvalue weighted by Gasteiger charge is -2.38. The molecular weight excluding hydrogens is 196 g/mol. The van der Waals surface area contributed by atoms with Crippen LogP contribution in [-0.4, -0.2) is 8.07 Å². The highest BCUT2D eigenvalue weighted by atomic mass is 28.3. The monoisotopic (exact) mass is 226 g/mol. The maximum atomic E-state index is 4.35. The Hall–Kier alpha value is -0.0431. The summed E-state index contributed by atoms with van der Waals surface area (Å²) in [6.07, 6.45) is 6.69. The molecule has 0 fully saturated rings. The number of rotatable bonds is 6. The third kappa shape index (κ3) is 4.54. The van der Waals surface area contributed by atoms with Crippen molar-refractivity contribution in [2.45, 2.75) is 77.9 Å². The van der Waals surface area contributed by atoms with Gasteiger partial charge in [-0.25, -0.2) is 0 Å². The quantitative estimate of drug-likeness (QED) is 0.411. The fraction of sp³-hybridized carbons (Fsp3) is 0.857. The smallest absolute Gasteiger partial charge is 0.0799 e. The van der Waals surface area contributed by atoms with Crippen molar-refractivity contribution in [3.8, 4) is 0 Å². The number of unbranched alkanes of at least 4 members (excludes halogenated alkanes) is 3. The van der Waals surface area contributed by atoms with Crippen molar-refractivity contribution in [1.29, 1.82) is 0 Å². The Morgan fingerprint density at radius 2 is 1.60 bits per heavy atom. The van der Waals surface area contributed by atoms with Gasteiger partial charge in [-0.2, -0.15) is 0 Å². The summed E-state index contributed by atoms with van der Waals surface area (Å²) in [6.45, 7) is 18.7. The molecule has 0 aromatic heterocycles. The second kappa shape index (κ2) is 5.88. The second-order valence-electron chi connectivity index (χ2n) is 6.29. The normalized spacial score (nSPS) is 12.9. The van der Waals surface area contributed by atoms with Crippen LogP contribution in [0, 0.1) is 0 Å². The summed E-state index contributed by atoms with van der Waals surface area (Å²) in [5, 5.41) is 2.01. The van der Waals surface area contributed by atoms with Gasteiger partial charge >= 0.3 is 0 Å². The predicted octanol–water partition coefficient (Wildman–Crippen LogP) is 5.56. The fourth-order valence-corrected chi connectivity index (χ4v) is 3.47. The van der Waals surface area contributed by atoms with Gasteiger partial charge in [0.2, 0.25) is 0 Å². The van der Waals surface area contributed by atoms with E-state index in [2.05, 4.69) is 47.4 Å². The Kier molecular flexibility index (Phi) is 5.87. The topological polar surface area (TPSA) is 0 Å². The van der Waals surface area contributed by atoms with E-state index in [0.29, 0.717) is 5.04 Å². The zero-order valence-electron chi connectivity index (χ0n) is 11.7. The first-order chi connectivity index (χ1) is 6.73. The number of hydrogen-bond donors (Lipinski definition) is 0. The summed E-state index contributed by atoms with van der Waals surface area (Å²) in [5.41, 5.74) is 0. The van der Waals surface area contributed by atoms with Crippen molar-refractivity contribution in [2.24, 2.45) is 0 Å². The first-order valence-electron chi connectivity index (χ1n) is 6.41. The Bertz CT molecular complexity index is 196. The summed E-state index contributed by atoms with van der Waals surface area (Å²) in [6, 6.07) is 0. The lowest BCUT2D eigenvalue weighted by Crippen LogP contribution is -2.39. The molecule has 0 atom stereocenters. The van der Waals surface area contributed by atoms with Crippen LogP contribution in [-0.2, 0) is 0 Å². The molecule has 0 saturated heterocycles. The molecule has 0 aliphatic rings. The summed E-state index contributed by atoms with van der Waals surface area (Å²) >= 11 is 0. The Labute approximate surface area is 98.2 Å². The van der Waals surface area contributed by atoms with Crippen LogP contribution in [0.15, 0.2) is 11.8 Å². The predicted molar refractivity (Wildman–Crippen MR) is 75.1 cm³/mol. The van der Waals surface area contributed by atoms with Gasteiger partial charge in [-0.05, 0) is 17.9 Å². The molecule has 0 heterocycles. The molecule has 0 aromatic rings. The first kappa shape index (κ1) is 15.0. The van der Waals surface area contributed by atoms with E-state index >= 15 is 0 Å². The van der Waals surface area contributed by atoms with Crippen LogP contribution in [0.5, 0.6) is 0 Å². The van der Waals surface area contributed by atoms with Crippen molar-refractivity contribution in [1.82, 2.24) is 0 Å². The van der Waals surface area contributed by atoms with E-state index in [1.807, 2.05) is 0 Å². The maximum absolute atomic E-state index is 4.35. The molecule has 1 heteroatoms. The van der Waals surface area contributed by atoms with Crippen molar-refractivity contribution in [3.05, 3.63) is 11.8 Å². The molecule has 0 saturated carbocycles. The highest BCUT2D eigenvalue weighted by molar-refractivity contribution is 6.86. The molecule has 0 aromatic carbocycles. The molecule has 15 heavy (non-hydrogen) atoms. The molecule has 0 N–H and O–H groups in total. The van der Waals surface area contributed by atoms with Crippen LogP contribution >= 0.6 is 0 Å². The van der Waals surface area contributed by atoms with Crippen LogP contribution in [0.25, 0.3) is 0 Å². The lowest BCUT2D eigenvalue weighted by molar-refractivity contribution is 0.663. The van der Waals surface area contributed by atoms with Gasteiger partial charge < -0.3 is 0 Å². The van der Waals surface area contributed by atoms with Gasteiger partial charge in [-0.15, -0.1) is 6.58 Å². The zero-order valence-corrected chi connectivity index (χ0v) is 12.7. The molecule has 0 spiro atoms. The van der Waals surface area contributed by atoms with Crippen LogP contribution in [0.3, 0.4) is 0 Å². The summed E-state index contributed by atoms with van der Waals surface area (Å²) in [5.74, 6) is 0. The Morgan fingerprint density at radius 1 is 1.07 bits per heavy atom. The van der Waals surface area contributed by atoms with E-state index in [9.17, 15) is 0 Å². The molecule has 0 aliphatic heterocycles. The van der Waals surface area contributed by atoms with E-state index in [1.165, 1.54) is 32.1 Å². The minimum absolute atomic E-state index is 0.453. The highest BCUT2D eigenvalue weighted by Gasteiger charge is 2.36. The molecule has 0 unspecified atom stereocenters. The van der Waals surface area contributed by atoms with Crippen molar-refractivity contribution < 1.29 is 0 Å². The highest BCUT2D eigenvalue weighted by Crippen LogP contribution is 2.41. The molecule has 0 radical (unpaired) electrons. The molecule has 90 valence electrons. The van der Waals surface area contributed by atoms with Crippen molar-refractivity contribution in [3.63, 3.8) is 0 Å². The van der Waals surface area contributed by atoms with Crippen molar-refractivity contribution >= 4 is 8.07 Å². The van der Waals surface area contributed by atoms with Gasteiger partial charge in [0.1, 0.15) is 0 Å². The van der Waals surface area contributed by atoms with E-state index in [0.717, 1.165) is 0 Å². The van der Waals surface area contributed by atoms with E-state index < -0.39 is 8.07 Å². The second-order valence-corrected chi connectivity index (χ2v) is 11.7. The van der Waals surface area contributed by atoms with Gasteiger partial charge in [0.25, 0.3) is 0 Å². The summed E-state index contributed by atoms with van der Waals surface area (Å²) < 4.78 is 0. The third-order valence-electron chi connectivity index (χ3n) is 4.09. The summed E-state index contributed by atoms with van der Waals surface area (Å²) in [4.78, 5) is 0. The lowest BCUT2D eigenvalue weighted by atomic mass is 10.1. The largest absolute Gasteiger partial charge is 0.104 e.